The largest absolute Gasteiger partial charge is 0.483 e. The molecule has 0 aliphatic rings. The number of ether oxygens (including phenoxy) is 2. The van der Waals surface area contributed by atoms with Crippen molar-refractivity contribution in [2.24, 2.45) is 0 Å². The summed E-state index contributed by atoms with van der Waals surface area (Å²) in [6.07, 6.45) is 0. The number of amides is 1. The second-order valence-electron chi connectivity index (χ2n) is 8.37. The Morgan fingerprint density at radius 3 is 2.55 bits per heavy atom. The fourth-order valence-electron chi connectivity index (χ4n) is 3.33. The molecular weight excluding hydrogens is 394 g/mol. The zero-order chi connectivity index (χ0) is 22.4. The molecule has 31 heavy (non-hydrogen) atoms. The van der Waals surface area contributed by atoms with Crippen LogP contribution in [0.5, 0.6) is 5.75 Å². The van der Waals surface area contributed by atoms with Gasteiger partial charge >= 0.3 is 0 Å². The van der Waals surface area contributed by atoms with Crippen molar-refractivity contribution in [2.75, 3.05) is 26.9 Å². The summed E-state index contributed by atoms with van der Waals surface area (Å²) in [6.45, 7) is 7.07. The fourth-order valence-corrected chi connectivity index (χ4v) is 3.33. The van der Waals surface area contributed by atoms with E-state index in [4.69, 9.17) is 9.47 Å². The van der Waals surface area contributed by atoms with Crippen molar-refractivity contribution in [3.8, 4) is 5.75 Å². The monoisotopic (exact) mass is 423 g/mol. The van der Waals surface area contributed by atoms with E-state index < -0.39 is 0 Å². The van der Waals surface area contributed by atoms with E-state index in [0.717, 1.165) is 5.56 Å². The van der Waals surface area contributed by atoms with Gasteiger partial charge in [-0.2, -0.15) is 0 Å². The predicted octanol–water partition coefficient (Wildman–Crippen LogP) is 3.27. The second kappa shape index (κ2) is 9.75. The lowest BCUT2D eigenvalue weighted by Crippen LogP contribution is -2.38. The molecule has 7 nitrogen and oxygen atoms in total. The highest BCUT2D eigenvalue weighted by Gasteiger charge is 2.21. The molecule has 0 saturated heterocycles. The molecule has 0 aliphatic heterocycles. The van der Waals surface area contributed by atoms with Gasteiger partial charge in [0.05, 0.1) is 24.1 Å². The Labute approximate surface area is 182 Å². The molecule has 2 aromatic carbocycles. The third-order valence-corrected chi connectivity index (χ3v) is 4.97. The van der Waals surface area contributed by atoms with Gasteiger partial charge < -0.3 is 19.4 Å². The molecule has 164 valence electrons. The summed E-state index contributed by atoms with van der Waals surface area (Å²) in [7, 11) is 1.58. The first-order chi connectivity index (χ1) is 14.8. The van der Waals surface area contributed by atoms with Gasteiger partial charge in [-0.3, -0.25) is 9.59 Å². The number of benzene rings is 2. The fraction of sp³-hybridized carbons (Fsp3) is 0.375. The third-order valence-electron chi connectivity index (χ3n) is 4.97. The molecule has 0 fully saturated rings. The van der Waals surface area contributed by atoms with Crippen LogP contribution in [0.1, 0.15) is 32.2 Å². The lowest BCUT2D eigenvalue weighted by Gasteiger charge is -2.25. The van der Waals surface area contributed by atoms with E-state index >= 15 is 0 Å². The number of para-hydroxylation sites is 2. The van der Waals surface area contributed by atoms with Crippen LogP contribution in [-0.4, -0.2) is 47.6 Å². The quantitative estimate of drug-likeness (QED) is 0.601. The van der Waals surface area contributed by atoms with Crippen molar-refractivity contribution >= 4 is 16.8 Å². The number of aromatic nitrogens is 2. The summed E-state index contributed by atoms with van der Waals surface area (Å²) in [5.74, 6) is 0.895. The van der Waals surface area contributed by atoms with Crippen LogP contribution >= 0.6 is 0 Å². The minimum absolute atomic E-state index is 0.107. The second-order valence-corrected chi connectivity index (χ2v) is 8.37. The highest BCUT2D eigenvalue weighted by Crippen LogP contribution is 2.30. The van der Waals surface area contributed by atoms with Crippen molar-refractivity contribution in [1.29, 1.82) is 0 Å². The van der Waals surface area contributed by atoms with Crippen molar-refractivity contribution in [1.82, 2.24) is 14.9 Å². The third kappa shape index (κ3) is 5.70. The molecule has 0 radical (unpaired) electrons. The summed E-state index contributed by atoms with van der Waals surface area (Å²) in [6, 6.07) is 14.8. The first kappa shape index (κ1) is 22.5. The number of nitrogens with zero attached hydrogens (tertiary/aromatic N) is 2. The van der Waals surface area contributed by atoms with Crippen molar-refractivity contribution in [3.05, 3.63) is 70.3 Å². The summed E-state index contributed by atoms with van der Waals surface area (Å²) in [4.78, 5) is 34.2. The molecule has 3 rings (SSSR count). The number of carbonyl (C=O) groups is 1. The maximum Gasteiger partial charge on any atom is 0.260 e. The minimum Gasteiger partial charge on any atom is -0.483 e. The zero-order valence-electron chi connectivity index (χ0n) is 18.5. The SMILES string of the molecule is COCCN(Cc1nc2ccccc2c(=O)[nH]1)C(=O)COc1ccccc1C(C)(C)C. The number of hydrogen-bond acceptors (Lipinski definition) is 5. The summed E-state index contributed by atoms with van der Waals surface area (Å²) in [5, 5.41) is 0.517. The molecule has 0 spiro atoms. The molecule has 0 aliphatic carbocycles. The Morgan fingerprint density at radius 1 is 1.10 bits per heavy atom. The van der Waals surface area contributed by atoms with Gasteiger partial charge in [-0.1, -0.05) is 51.1 Å². The smallest absolute Gasteiger partial charge is 0.260 e. The molecule has 0 unspecified atom stereocenters. The Kier molecular flexibility index (Phi) is 7.07. The normalized spacial score (nSPS) is 11.5. The number of nitrogens with one attached hydrogen (secondary N) is 1. The van der Waals surface area contributed by atoms with Gasteiger partial charge in [-0.25, -0.2) is 4.98 Å². The summed E-state index contributed by atoms with van der Waals surface area (Å²) < 4.78 is 11.0. The highest BCUT2D eigenvalue weighted by molar-refractivity contribution is 5.78. The van der Waals surface area contributed by atoms with Gasteiger partial charge in [0.1, 0.15) is 11.6 Å². The van der Waals surface area contributed by atoms with Gasteiger partial charge in [0.15, 0.2) is 6.61 Å². The molecule has 1 amide bonds. The van der Waals surface area contributed by atoms with E-state index in [1.165, 1.54) is 0 Å². The van der Waals surface area contributed by atoms with Crippen molar-refractivity contribution in [3.63, 3.8) is 0 Å². The van der Waals surface area contributed by atoms with Gasteiger partial charge in [0, 0.05) is 13.7 Å². The minimum atomic E-state index is -0.227. The van der Waals surface area contributed by atoms with Crippen LogP contribution in [0.15, 0.2) is 53.3 Å². The number of fused-ring (bicyclic) bond motifs is 1. The van der Waals surface area contributed by atoms with Crippen molar-refractivity contribution < 1.29 is 14.3 Å². The molecule has 0 bridgehead atoms. The van der Waals surface area contributed by atoms with E-state index in [-0.39, 0.29) is 30.0 Å². The first-order valence-electron chi connectivity index (χ1n) is 10.3. The van der Waals surface area contributed by atoms with Gasteiger partial charge in [0.25, 0.3) is 11.5 Å². The van der Waals surface area contributed by atoms with Crippen molar-refractivity contribution in [2.45, 2.75) is 32.7 Å². The summed E-state index contributed by atoms with van der Waals surface area (Å²) in [5.41, 5.74) is 1.29. The predicted molar refractivity (Wildman–Crippen MR) is 120 cm³/mol. The van der Waals surface area contributed by atoms with Crippen LogP contribution < -0.4 is 10.3 Å². The number of aromatic amines is 1. The van der Waals surface area contributed by atoms with Crippen LogP contribution in [0.25, 0.3) is 10.9 Å². The standard InChI is InChI=1S/C24H29N3O4/c1-24(2,3)18-10-6-8-12-20(18)31-16-22(28)27(13-14-30-4)15-21-25-19-11-7-5-9-17(19)23(29)26-21/h5-12H,13-16H2,1-4H3,(H,25,26,29). The number of carbonyl (C=O) groups excluding carboxylic acids is 1. The molecule has 7 heteroatoms. The van der Waals surface area contributed by atoms with Crippen LogP contribution in [-0.2, 0) is 21.5 Å². The summed E-state index contributed by atoms with van der Waals surface area (Å²) >= 11 is 0. The number of rotatable bonds is 8. The highest BCUT2D eigenvalue weighted by atomic mass is 16.5. The Bertz CT molecular complexity index is 1100. The van der Waals surface area contributed by atoms with E-state index in [9.17, 15) is 9.59 Å². The first-order valence-corrected chi connectivity index (χ1v) is 10.3. The Balaban J connectivity index is 1.77. The average molecular weight is 424 g/mol. The zero-order valence-corrected chi connectivity index (χ0v) is 18.5. The van der Waals surface area contributed by atoms with Gasteiger partial charge in [-0.05, 0) is 29.2 Å². The van der Waals surface area contributed by atoms with E-state index in [1.807, 2.05) is 30.3 Å². The lowest BCUT2D eigenvalue weighted by atomic mass is 9.86. The molecule has 0 saturated carbocycles. The van der Waals surface area contributed by atoms with E-state index in [1.54, 1.807) is 30.2 Å². The van der Waals surface area contributed by atoms with E-state index in [0.29, 0.717) is 35.6 Å². The molecule has 3 aromatic rings. The molecular formula is C24H29N3O4. The van der Waals surface area contributed by atoms with Crippen LogP contribution in [0.3, 0.4) is 0 Å². The number of methoxy groups -OCH3 is 1. The van der Waals surface area contributed by atoms with Gasteiger partial charge in [0.2, 0.25) is 0 Å². The maximum atomic E-state index is 13.0. The molecule has 1 heterocycles. The number of H-pyrrole nitrogens is 1. The maximum absolute atomic E-state index is 13.0. The van der Waals surface area contributed by atoms with E-state index in [2.05, 4.69) is 30.7 Å². The average Bonchev–Trinajstić information content (AvgIpc) is 2.74. The van der Waals surface area contributed by atoms with Gasteiger partial charge in [-0.15, -0.1) is 0 Å². The Hall–Kier alpha value is -3.19. The van der Waals surface area contributed by atoms with Crippen LogP contribution in [0.2, 0.25) is 0 Å². The number of hydrogen-bond donors (Lipinski definition) is 1. The molecule has 1 N–H and O–H groups in total. The Morgan fingerprint density at radius 2 is 1.81 bits per heavy atom. The molecule has 0 atom stereocenters. The molecule has 1 aromatic heterocycles. The van der Waals surface area contributed by atoms with Crippen LogP contribution in [0.4, 0.5) is 0 Å². The topological polar surface area (TPSA) is 84.5 Å². The lowest BCUT2D eigenvalue weighted by molar-refractivity contribution is -0.134. The van der Waals surface area contributed by atoms with Crippen LogP contribution in [0, 0.1) is 0 Å².